The Morgan fingerprint density at radius 3 is 1.90 bits per heavy atom. The van der Waals surface area contributed by atoms with E-state index >= 15 is 0 Å². The molecular formula is C30H27N. The summed E-state index contributed by atoms with van der Waals surface area (Å²) in [7, 11) is 0. The number of nitrogens with zero attached hydrogens (tertiary/aromatic N) is 1. The fraction of sp³-hybridized carbons (Fsp3) is 0.133. The summed E-state index contributed by atoms with van der Waals surface area (Å²) in [5, 5.41) is 0. The summed E-state index contributed by atoms with van der Waals surface area (Å²) in [5.74, 6) is 0.323. The molecule has 31 heavy (non-hydrogen) atoms. The SMILES string of the molecule is CC1=C(c2ccccc2Cn2cccc2)C(C)C(c2ccccc2)=C1c1ccccc1. The molecule has 0 radical (unpaired) electrons. The van der Waals surface area contributed by atoms with E-state index in [2.05, 4.69) is 128 Å². The molecule has 0 aliphatic heterocycles. The summed E-state index contributed by atoms with van der Waals surface area (Å²) in [6, 6.07) is 34.8. The van der Waals surface area contributed by atoms with Gasteiger partial charge >= 0.3 is 0 Å². The minimum absolute atomic E-state index is 0.323. The zero-order chi connectivity index (χ0) is 21.2. The predicted molar refractivity (Wildman–Crippen MR) is 131 cm³/mol. The van der Waals surface area contributed by atoms with Crippen molar-refractivity contribution in [2.45, 2.75) is 20.4 Å². The van der Waals surface area contributed by atoms with Gasteiger partial charge in [0.15, 0.2) is 0 Å². The number of aromatic nitrogens is 1. The van der Waals surface area contributed by atoms with E-state index < -0.39 is 0 Å². The third-order valence-corrected chi connectivity index (χ3v) is 6.39. The minimum atomic E-state index is 0.323. The Labute approximate surface area is 185 Å². The molecular weight excluding hydrogens is 374 g/mol. The first kappa shape index (κ1) is 19.4. The smallest absolute Gasteiger partial charge is 0.0476 e. The van der Waals surface area contributed by atoms with Crippen LogP contribution in [0.2, 0.25) is 0 Å². The van der Waals surface area contributed by atoms with Gasteiger partial charge in [-0.3, -0.25) is 0 Å². The average molecular weight is 402 g/mol. The Kier molecular flexibility index (Phi) is 5.18. The van der Waals surface area contributed by atoms with Crippen LogP contribution in [0, 0.1) is 5.92 Å². The van der Waals surface area contributed by atoms with E-state index in [9.17, 15) is 0 Å². The maximum atomic E-state index is 2.36. The van der Waals surface area contributed by atoms with Gasteiger partial charge in [-0.15, -0.1) is 0 Å². The zero-order valence-electron chi connectivity index (χ0n) is 18.1. The quantitative estimate of drug-likeness (QED) is 0.325. The van der Waals surface area contributed by atoms with Gasteiger partial charge in [-0.2, -0.15) is 0 Å². The molecule has 1 aromatic heterocycles. The molecule has 5 rings (SSSR count). The van der Waals surface area contributed by atoms with E-state index in [0.717, 1.165) is 6.54 Å². The zero-order valence-corrected chi connectivity index (χ0v) is 18.1. The van der Waals surface area contributed by atoms with Crippen LogP contribution in [0.25, 0.3) is 16.7 Å². The number of rotatable bonds is 5. The summed E-state index contributed by atoms with van der Waals surface area (Å²) >= 11 is 0. The van der Waals surface area contributed by atoms with Gasteiger partial charge < -0.3 is 4.57 Å². The van der Waals surface area contributed by atoms with Gasteiger partial charge in [-0.05, 0) is 63.6 Å². The van der Waals surface area contributed by atoms with Gasteiger partial charge in [0.25, 0.3) is 0 Å². The van der Waals surface area contributed by atoms with Crippen LogP contribution in [0.3, 0.4) is 0 Å². The summed E-state index contributed by atoms with van der Waals surface area (Å²) in [5.41, 5.74) is 11.0. The highest BCUT2D eigenvalue weighted by Gasteiger charge is 2.31. The van der Waals surface area contributed by atoms with Crippen molar-refractivity contribution < 1.29 is 0 Å². The Morgan fingerprint density at radius 1 is 0.645 bits per heavy atom. The molecule has 1 nitrogen and oxygen atoms in total. The highest BCUT2D eigenvalue weighted by molar-refractivity contribution is 6.11. The lowest BCUT2D eigenvalue weighted by atomic mass is 9.86. The van der Waals surface area contributed by atoms with Crippen molar-refractivity contribution in [1.29, 1.82) is 0 Å². The van der Waals surface area contributed by atoms with Crippen molar-refractivity contribution in [3.05, 3.63) is 137 Å². The average Bonchev–Trinajstić information content (AvgIpc) is 3.41. The number of hydrogen-bond acceptors (Lipinski definition) is 0. The second-order valence-corrected chi connectivity index (χ2v) is 8.29. The maximum absolute atomic E-state index is 2.36. The van der Waals surface area contributed by atoms with Crippen LogP contribution < -0.4 is 0 Å². The first-order valence-electron chi connectivity index (χ1n) is 11.0. The lowest BCUT2D eigenvalue weighted by Crippen LogP contribution is -2.05. The first-order valence-corrected chi connectivity index (χ1v) is 11.0. The minimum Gasteiger partial charge on any atom is -0.350 e. The molecule has 152 valence electrons. The van der Waals surface area contributed by atoms with Crippen molar-refractivity contribution in [3.63, 3.8) is 0 Å². The third kappa shape index (κ3) is 3.57. The fourth-order valence-electron chi connectivity index (χ4n) is 5.04. The van der Waals surface area contributed by atoms with Crippen LogP contribution in [-0.4, -0.2) is 4.57 Å². The molecule has 0 fully saturated rings. The summed E-state index contributed by atoms with van der Waals surface area (Å²) in [6.45, 7) is 5.55. The lowest BCUT2D eigenvalue weighted by molar-refractivity contribution is 0.802. The molecule has 0 N–H and O–H groups in total. The molecule has 0 amide bonds. The van der Waals surface area contributed by atoms with Crippen molar-refractivity contribution >= 4 is 16.7 Å². The van der Waals surface area contributed by atoms with E-state index in [4.69, 9.17) is 0 Å². The standard InChI is InChI=1S/C30H27N/c1-22-28(27-18-10-9-17-26(27)21-31-19-11-12-20-31)23(2)30(25-15-7-4-8-16-25)29(22)24-13-5-3-6-14-24/h3-20,22H,21H2,1-2H3. The van der Waals surface area contributed by atoms with Gasteiger partial charge in [-0.1, -0.05) is 91.9 Å². The Morgan fingerprint density at radius 2 is 1.23 bits per heavy atom. The normalized spacial score (nSPS) is 16.3. The third-order valence-electron chi connectivity index (χ3n) is 6.39. The van der Waals surface area contributed by atoms with Gasteiger partial charge in [0.2, 0.25) is 0 Å². The second kappa shape index (κ2) is 8.28. The van der Waals surface area contributed by atoms with E-state index in [1.165, 1.54) is 44.5 Å². The van der Waals surface area contributed by atoms with E-state index in [-0.39, 0.29) is 0 Å². The second-order valence-electron chi connectivity index (χ2n) is 8.29. The van der Waals surface area contributed by atoms with Gasteiger partial charge in [0.1, 0.15) is 0 Å². The molecule has 1 heteroatoms. The van der Waals surface area contributed by atoms with E-state index in [0.29, 0.717) is 5.92 Å². The van der Waals surface area contributed by atoms with E-state index in [1.54, 1.807) is 0 Å². The number of allylic oxidation sites excluding steroid dienone is 4. The molecule has 0 saturated heterocycles. The molecule has 0 saturated carbocycles. The van der Waals surface area contributed by atoms with Crippen molar-refractivity contribution in [2.75, 3.05) is 0 Å². The van der Waals surface area contributed by atoms with Crippen LogP contribution in [0.1, 0.15) is 36.1 Å². The lowest BCUT2D eigenvalue weighted by Gasteiger charge is -2.19. The molecule has 0 bridgehead atoms. The fourth-order valence-corrected chi connectivity index (χ4v) is 5.04. The Balaban J connectivity index is 1.68. The molecule has 0 spiro atoms. The molecule has 1 heterocycles. The first-order chi connectivity index (χ1) is 15.2. The largest absolute Gasteiger partial charge is 0.350 e. The van der Waals surface area contributed by atoms with Crippen LogP contribution in [0.4, 0.5) is 0 Å². The number of hydrogen-bond donors (Lipinski definition) is 0. The topological polar surface area (TPSA) is 4.93 Å². The molecule has 1 aliphatic rings. The Hall–Kier alpha value is -3.58. The summed E-state index contributed by atoms with van der Waals surface area (Å²) in [4.78, 5) is 0. The monoisotopic (exact) mass is 401 g/mol. The van der Waals surface area contributed by atoms with Crippen LogP contribution in [-0.2, 0) is 6.54 Å². The molecule has 3 aromatic carbocycles. The molecule has 1 unspecified atom stereocenters. The number of benzene rings is 3. The van der Waals surface area contributed by atoms with Gasteiger partial charge in [0, 0.05) is 24.9 Å². The highest BCUT2D eigenvalue weighted by Crippen LogP contribution is 2.51. The van der Waals surface area contributed by atoms with Crippen LogP contribution >= 0.6 is 0 Å². The van der Waals surface area contributed by atoms with Crippen molar-refractivity contribution in [2.24, 2.45) is 5.92 Å². The predicted octanol–water partition coefficient (Wildman–Crippen LogP) is 7.57. The summed E-state index contributed by atoms with van der Waals surface area (Å²) < 4.78 is 2.25. The van der Waals surface area contributed by atoms with E-state index in [1.807, 2.05) is 0 Å². The van der Waals surface area contributed by atoms with Crippen LogP contribution in [0.15, 0.2) is 115 Å². The highest BCUT2D eigenvalue weighted by atomic mass is 14.9. The van der Waals surface area contributed by atoms with Crippen molar-refractivity contribution in [1.82, 2.24) is 4.57 Å². The molecule has 1 aliphatic carbocycles. The molecule has 1 atom stereocenters. The Bertz CT molecular complexity index is 1240. The van der Waals surface area contributed by atoms with Crippen LogP contribution in [0.5, 0.6) is 0 Å². The molecule has 4 aromatic rings. The maximum Gasteiger partial charge on any atom is 0.0476 e. The summed E-state index contributed by atoms with van der Waals surface area (Å²) in [6.07, 6.45) is 4.28. The van der Waals surface area contributed by atoms with Gasteiger partial charge in [-0.25, -0.2) is 0 Å². The van der Waals surface area contributed by atoms with Gasteiger partial charge in [0.05, 0.1) is 0 Å². The van der Waals surface area contributed by atoms with Crippen molar-refractivity contribution in [3.8, 4) is 0 Å².